The average molecular weight is 568 g/mol. The number of nitro groups is 1. The first-order valence-electron chi connectivity index (χ1n) is 13.7. The van der Waals surface area contributed by atoms with Crippen LogP contribution in [0.1, 0.15) is 59.1 Å². The number of aliphatic imine (C=N–C) groups is 1. The predicted molar refractivity (Wildman–Crippen MR) is 165 cm³/mol. The third-order valence-corrected chi connectivity index (χ3v) is 8.67. The van der Waals surface area contributed by atoms with Crippen LogP contribution in [-0.4, -0.2) is 17.0 Å². The molecular weight excluding hydrogens is 534 g/mol. The van der Waals surface area contributed by atoms with Crippen molar-refractivity contribution in [3.8, 4) is 5.75 Å². The molecule has 1 aliphatic rings. The number of nitrogens with zero attached hydrogens (tertiary/aromatic N) is 2. The molecule has 8 heteroatoms. The van der Waals surface area contributed by atoms with Crippen LogP contribution in [0.15, 0.2) is 83.9 Å². The van der Waals surface area contributed by atoms with Crippen molar-refractivity contribution in [3.63, 3.8) is 0 Å². The number of fused-ring (bicyclic) bond motifs is 1. The number of nitro benzene ring substituents is 1. The molecule has 0 unspecified atom stereocenters. The molecule has 1 atom stereocenters. The number of carbonyl (C=O) groups excluding carboxylic acids is 1. The SMILES string of the molecule is CC(C)(C)[C@@H]1CCc2c(sc(N=Cc3ccccc3OCc3ccc([N+](=O)[O-])cc3)c2C(=O)Nc2ccccc2)C1. The van der Waals surface area contributed by atoms with Crippen LogP contribution in [0.4, 0.5) is 16.4 Å². The Balaban J connectivity index is 1.42. The van der Waals surface area contributed by atoms with Crippen molar-refractivity contribution in [2.24, 2.45) is 16.3 Å². The maximum absolute atomic E-state index is 13.6. The van der Waals surface area contributed by atoms with Gasteiger partial charge in [-0.25, -0.2) is 4.99 Å². The molecule has 0 aliphatic heterocycles. The lowest BCUT2D eigenvalue weighted by molar-refractivity contribution is -0.384. The Labute approximate surface area is 244 Å². The zero-order chi connectivity index (χ0) is 29.0. The molecule has 5 rings (SSSR count). The number of ether oxygens (including phenoxy) is 1. The summed E-state index contributed by atoms with van der Waals surface area (Å²) in [6, 6.07) is 23.4. The first kappa shape index (κ1) is 28.2. The summed E-state index contributed by atoms with van der Waals surface area (Å²) in [5, 5.41) is 14.7. The maximum atomic E-state index is 13.6. The molecule has 0 fully saturated rings. The molecule has 210 valence electrons. The molecule has 1 amide bonds. The van der Waals surface area contributed by atoms with Gasteiger partial charge in [-0.2, -0.15) is 0 Å². The second-order valence-corrected chi connectivity index (χ2v) is 12.4. The summed E-state index contributed by atoms with van der Waals surface area (Å²) in [5.41, 5.74) is 4.35. The minimum atomic E-state index is -0.420. The normalized spacial score (nSPS) is 15.0. The molecule has 41 heavy (non-hydrogen) atoms. The van der Waals surface area contributed by atoms with Crippen molar-refractivity contribution in [2.45, 2.75) is 46.6 Å². The number of thiophene rings is 1. The van der Waals surface area contributed by atoms with Crippen LogP contribution in [0.3, 0.4) is 0 Å². The van der Waals surface area contributed by atoms with E-state index in [0.29, 0.717) is 22.2 Å². The van der Waals surface area contributed by atoms with E-state index in [2.05, 4.69) is 26.1 Å². The number of anilines is 1. The quantitative estimate of drug-likeness (QED) is 0.131. The van der Waals surface area contributed by atoms with Gasteiger partial charge in [-0.15, -0.1) is 11.3 Å². The van der Waals surface area contributed by atoms with Crippen LogP contribution in [0.5, 0.6) is 5.75 Å². The standard InChI is InChI=1S/C33H33N3O4S/c1-33(2,3)24-15-18-27-29(19-24)41-32(30(27)31(37)35-25-10-5-4-6-11-25)34-20-23-9-7-8-12-28(23)40-21-22-13-16-26(17-14-22)36(38)39/h4-14,16-17,20,24H,15,18-19,21H2,1-3H3,(H,35,37)/t24-/m1/s1. The first-order chi connectivity index (χ1) is 19.7. The maximum Gasteiger partial charge on any atom is 0.269 e. The first-order valence-corrected chi connectivity index (χ1v) is 14.5. The van der Waals surface area contributed by atoms with Crippen LogP contribution < -0.4 is 10.1 Å². The Hall–Kier alpha value is -4.30. The summed E-state index contributed by atoms with van der Waals surface area (Å²) in [5.74, 6) is 1.04. The lowest BCUT2D eigenvalue weighted by Crippen LogP contribution is -2.27. The number of non-ortho nitro benzene ring substituents is 1. The summed E-state index contributed by atoms with van der Waals surface area (Å²) in [6.07, 6.45) is 4.60. The molecule has 1 aromatic heterocycles. The number of carbonyl (C=O) groups is 1. The van der Waals surface area contributed by atoms with Gasteiger partial charge in [-0.05, 0) is 78.1 Å². The highest BCUT2D eigenvalue weighted by Crippen LogP contribution is 2.45. The summed E-state index contributed by atoms with van der Waals surface area (Å²) in [4.78, 5) is 30.2. The smallest absolute Gasteiger partial charge is 0.269 e. The fourth-order valence-electron chi connectivity index (χ4n) is 5.07. The molecule has 1 N–H and O–H groups in total. The van der Waals surface area contributed by atoms with Crippen LogP contribution in [0.2, 0.25) is 0 Å². The monoisotopic (exact) mass is 567 g/mol. The topological polar surface area (TPSA) is 93.8 Å². The van der Waals surface area contributed by atoms with E-state index in [-0.39, 0.29) is 23.6 Å². The molecule has 0 spiro atoms. The van der Waals surface area contributed by atoms with Crippen LogP contribution in [0, 0.1) is 21.4 Å². The van der Waals surface area contributed by atoms with Crippen LogP contribution in [0.25, 0.3) is 0 Å². The van der Waals surface area contributed by atoms with E-state index in [9.17, 15) is 14.9 Å². The van der Waals surface area contributed by atoms with Gasteiger partial charge < -0.3 is 10.1 Å². The van der Waals surface area contributed by atoms with E-state index in [1.165, 1.54) is 17.0 Å². The highest BCUT2D eigenvalue weighted by Gasteiger charge is 2.33. The molecule has 1 aliphatic carbocycles. The van der Waals surface area contributed by atoms with Gasteiger partial charge in [-0.3, -0.25) is 14.9 Å². The molecule has 7 nitrogen and oxygen atoms in total. The van der Waals surface area contributed by atoms with E-state index in [4.69, 9.17) is 9.73 Å². The highest BCUT2D eigenvalue weighted by atomic mass is 32.1. The lowest BCUT2D eigenvalue weighted by Gasteiger charge is -2.33. The summed E-state index contributed by atoms with van der Waals surface area (Å²) < 4.78 is 6.06. The van der Waals surface area contributed by atoms with Crippen molar-refractivity contribution in [3.05, 3.63) is 116 Å². The van der Waals surface area contributed by atoms with E-state index < -0.39 is 4.92 Å². The Morgan fingerprint density at radius 3 is 2.49 bits per heavy atom. The Morgan fingerprint density at radius 1 is 1.07 bits per heavy atom. The van der Waals surface area contributed by atoms with Crippen molar-refractivity contribution in [2.75, 3.05) is 5.32 Å². The van der Waals surface area contributed by atoms with Crippen LogP contribution >= 0.6 is 11.3 Å². The molecule has 3 aromatic carbocycles. The molecule has 4 aromatic rings. The van der Waals surface area contributed by atoms with E-state index >= 15 is 0 Å². The van der Waals surface area contributed by atoms with Crippen molar-refractivity contribution in [1.29, 1.82) is 0 Å². The zero-order valence-corrected chi connectivity index (χ0v) is 24.2. The Morgan fingerprint density at radius 2 is 1.78 bits per heavy atom. The summed E-state index contributed by atoms with van der Waals surface area (Å²) in [6.45, 7) is 7.11. The summed E-state index contributed by atoms with van der Waals surface area (Å²) in [7, 11) is 0. The lowest BCUT2D eigenvalue weighted by atomic mass is 9.72. The third kappa shape index (κ3) is 6.72. The van der Waals surface area contributed by atoms with Gasteiger partial charge in [-0.1, -0.05) is 51.1 Å². The molecule has 0 saturated heterocycles. The van der Waals surface area contributed by atoms with Gasteiger partial charge in [0.1, 0.15) is 17.4 Å². The van der Waals surface area contributed by atoms with Gasteiger partial charge in [0.2, 0.25) is 0 Å². The van der Waals surface area contributed by atoms with Crippen molar-refractivity contribution >= 4 is 39.8 Å². The van der Waals surface area contributed by atoms with Gasteiger partial charge >= 0.3 is 0 Å². The van der Waals surface area contributed by atoms with Crippen molar-refractivity contribution < 1.29 is 14.5 Å². The number of rotatable bonds is 8. The highest BCUT2D eigenvalue weighted by molar-refractivity contribution is 7.16. The fraction of sp³-hybridized carbons (Fsp3) is 0.273. The molecule has 0 saturated carbocycles. The average Bonchev–Trinajstić information content (AvgIpc) is 3.33. The van der Waals surface area contributed by atoms with Gasteiger partial charge in [0.25, 0.3) is 11.6 Å². The van der Waals surface area contributed by atoms with Crippen LogP contribution in [-0.2, 0) is 19.4 Å². The number of benzene rings is 3. The minimum absolute atomic E-state index is 0.0425. The third-order valence-electron chi connectivity index (χ3n) is 7.51. The van der Waals surface area contributed by atoms with E-state index in [0.717, 1.165) is 41.6 Å². The molecule has 1 heterocycles. The van der Waals surface area contributed by atoms with Crippen molar-refractivity contribution in [1.82, 2.24) is 0 Å². The van der Waals surface area contributed by atoms with E-state index in [1.54, 1.807) is 29.7 Å². The number of nitrogens with one attached hydrogen (secondary N) is 1. The Bertz CT molecular complexity index is 1570. The number of amides is 1. The Kier molecular flexibility index (Phi) is 8.31. The summed E-state index contributed by atoms with van der Waals surface area (Å²) >= 11 is 1.61. The number of hydrogen-bond acceptors (Lipinski definition) is 6. The zero-order valence-electron chi connectivity index (χ0n) is 23.4. The molecule has 0 radical (unpaired) electrons. The largest absolute Gasteiger partial charge is 0.488 e. The van der Waals surface area contributed by atoms with Gasteiger partial charge in [0, 0.05) is 34.5 Å². The van der Waals surface area contributed by atoms with E-state index in [1.807, 2.05) is 54.6 Å². The minimum Gasteiger partial charge on any atom is -0.488 e. The second-order valence-electron chi connectivity index (χ2n) is 11.3. The number of para-hydroxylation sites is 2. The molecular formula is C33H33N3O4S. The number of hydrogen-bond donors (Lipinski definition) is 1. The molecule has 0 bridgehead atoms. The predicted octanol–water partition coefficient (Wildman–Crippen LogP) is 8.39. The van der Waals surface area contributed by atoms with Gasteiger partial charge in [0.15, 0.2) is 0 Å². The van der Waals surface area contributed by atoms with Gasteiger partial charge in [0.05, 0.1) is 10.5 Å². The second kappa shape index (κ2) is 12.1. The fourth-order valence-corrected chi connectivity index (χ4v) is 6.34.